The molecule has 8 heteroatoms. The summed E-state index contributed by atoms with van der Waals surface area (Å²) in [5.74, 6) is -1.95. The van der Waals surface area contributed by atoms with Gasteiger partial charge in [0.25, 0.3) is 5.91 Å². The molecular weight excluding hydrogens is 379 g/mol. The predicted molar refractivity (Wildman–Crippen MR) is 103 cm³/mol. The minimum atomic E-state index is -0.983. The Kier molecular flexibility index (Phi) is 8.27. The van der Waals surface area contributed by atoms with E-state index < -0.39 is 23.9 Å². The summed E-state index contributed by atoms with van der Waals surface area (Å²) in [6.07, 6.45) is 1.39. The molecule has 0 unspecified atom stereocenters. The molecule has 1 N–H and O–H groups in total. The first-order valence-electron chi connectivity index (χ1n) is 9.29. The quantitative estimate of drug-likeness (QED) is 0.648. The van der Waals surface area contributed by atoms with Crippen LogP contribution in [0.4, 0.5) is 4.39 Å². The molecule has 0 aliphatic carbocycles. The normalized spacial score (nSPS) is 11.4. The summed E-state index contributed by atoms with van der Waals surface area (Å²) in [5.41, 5.74) is 1.52. The van der Waals surface area contributed by atoms with E-state index in [1.54, 1.807) is 38.1 Å². The molecule has 0 fully saturated rings. The number of esters is 2. The molecule has 0 saturated heterocycles. The first-order chi connectivity index (χ1) is 13.9. The Labute approximate surface area is 168 Å². The third kappa shape index (κ3) is 6.67. The molecule has 0 saturated carbocycles. The number of hydrogen-bond acceptors (Lipinski definition) is 6. The van der Waals surface area contributed by atoms with Gasteiger partial charge in [0, 0.05) is 18.2 Å². The van der Waals surface area contributed by atoms with E-state index in [9.17, 15) is 18.8 Å². The lowest BCUT2D eigenvalue weighted by Gasteiger charge is -2.17. The van der Waals surface area contributed by atoms with Crippen molar-refractivity contribution in [3.63, 3.8) is 0 Å². The van der Waals surface area contributed by atoms with Crippen LogP contribution in [-0.2, 0) is 19.1 Å². The largest absolute Gasteiger partial charge is 0.466 e. The van der Waals surface area contributed by atoms with Gasteiger partial charge in [0.2, 0.25) is 0 Å². The van der Waals surface area contributed by atoms with Crippen LogP contribution in [0.5, 0.6) is 0 Å². The van der Waals surface area contributed by atoms with E-state index >= 15 is 0 Å². The average Bonchev–Trinajstić information content (AvgIpc) is 2.72. The second kappa shape index (κ2) is 10.9. The topological polar surface area (TPSA) is 94.6 Å². The van der Waals surface area contributed by atoms with Crippen molar-refractivity contribution in [1.82, 2.24) is 10.3 Å². The van der Waals surface area contributed by atoms with Gasteiger partial charge >= 0.3 is 11.9 Å². The maximum absolute atomic E-state index is 13.0. The molecule has 154 valence electrons. The highest BCUT2D eigenvalue weighted by atomic mass is 19.1. The summed E-state index contributed by atoms with van der Waals surface area (Å²) >= 11 is 0. The average molecular weight is 402 g/mol. The van der Waals surface area contributed by atoms with Crippen LogP contribution in [0, 0.1) is 5.82 Å². The van der Waals surface area contributed by atoms with Crippen molar-refractivity contribution in [2.24, 2.45) is 0 Å². The molecule has 0 bridgehead atoms. The molecular formula is C21H23FN2O5. The van der Waals surface area contributed by atoms with Gasteiger partial charge in [-0.15, -0.1) is 0 Å². The lowest BCUT2D eigenvalue weighted by molar-refractivity contribution is -0.146. The number of carbonyl (C=O) groups excluding carboxylic acids is 3. The maximum Gasteiger partial charge on any atom is 0.328 e. The number of benzene rings is 1. The van der Waals surface area contributed by atoms with Crippen LogP contribution in [-0.4, -0.2) is 42.1 Å². The zero-order chi connectivity index (χ0) is 21.2. The molecule has 2 rings (SSSR count). The lowest BCUT2D eigenvalue weighted by atomic mass is 10.1. The summed E-state index contributed by atoms with van der Waals surface area (Å²) < 4.78 is 22.8. The van der Waals surface area contributed by atoms with Crippen molar-refractivity contribution < 1.29 is 28.2 Å². The number of carbonyl (C=O) groups is 3. The minimum Gasteiger partial charge on any atom is -0.466 e. The van der Waals surface area contributed by atoms with Crippen molar-refractivity contribution in [1.29, 1.82) is 0 Å². The predicted octanol–water partition coefficient (Wildman–Crippen LogP) is 2.89. The van der Waals surface area contributed by atoms with Gasteiger partial charge in [0.15, 0.2) is 0 Å². The van der Waals surface area contributed by atoms with Crippen molar-refractivity contribution in [2.45, 2.75) is 32.7 Å². The minimum absolute atomic E-state index is 0.0284. The number of amides is 1. The van der Waals surface area contributed by atoms with Crippen molar-refractivity contribution in [2.75, 3.05) is 13.2 Å². The van der Waals surface area contributed by atoms with E-state index in [1.165, 1.54) is 18.3 Å². The molecule has 1 atom stereocenters. The second-order valence-corrected chi connectivity index (χ2v) is 6.06. The zero-order valence-corrected chi connectivity index (χ0v) is 16.3. The molecule has 0 radical (unpaired) electrons. The third-order valence-corrected chi connectivity index (χ3v) is 3.98. The van der Waals surface area contributed by atoms with E-state index in [0.717, 1.165) is 0 Å². The van der Waals surface area contributed by atoms with Gasteiger partial charge in [0.05, 0.1) is 24.5 Å². The highest BCUT2D eigenvalue weighted by Crippen LogP contribution is 2.17. The molecule has 7 nitrogen and oxygen atoms in total. The number of halogens is 1. The Bertz CT molecular complexity index is 837. The van der Waals surface area contributed by atoms with Gasteiger partial charge in [0.1, 0.15) is 11.9 Å². The van der Waals surface area contributed by atoms with Crippen LogP contribution in [0.1, 0.15) is 37.0 Å². The molecule has 1 aromatic carbocycles. The summed E-state index contributed by atoms with van der Waals surface area (Å²) in [4.78, 5) is 40.4. The Hall–Kier alpha value is -3.29. The van der Waals surface area contributed by atoms with Gasteiger partial charge in [-0.1, -0.05) is 0 Å². The molecule has 29 heavy (non-hydrogen) atoms. The molecule has 0 aliphatic rings. The van der Waals surface area contributed by atoms with Crippen molar-refractivity contribution in [3.8, 4) is 11.3 Å². The second-order valence-electron chi connectivity index (χ2n) is 6.06. The van der Waals surface area contributed by atoms with Gasteiger partial charge in [-0.25, -0.2) is 9.18 Å². The van der Waals surface area contributed by atoms with Crippen LogP contribution in [0.3, 0.4) is 0 Å². The fraction of sp³-hybridized carbons (Fsp3) is 0.333. The van der Waals surface area contributed by atoms with Crippen molar-refractivity contribution in [3.05, 3.63) is 54.0 Å². The summed E-state index contributed by atoms with van der Waals surface area (Å²) in [6, 6.07) is 8.02. The third-order valence-electron chi connectivity index (χ3n) is 3.98. The summed E-state index contributed by atoms with van der Waals surface area (Å²) in [5, 5.41) is 2.57. The zero-order valence-electron chi connectivity index (χ0n) is 16.3. The molecule has 2 aromatic rings. The van der Waals surface area contributed by atoms with Crippen LogP contribution >= 0.6 is 0 Å². The number of nitrogens with one attached hydrogen (secondary N) is 1. The molecule has 0 aliphatic heterocycles. The smallest absolute Gasteiger partial charge is 0.328 e. The fourth-order valence-corrected chi connectivity index (χ4v) is 2.55. The molecule has 0 spiro atoms. The highest BCUT2D eigenvalue weighted by Gasteiger charge is 2.24. The molecule has 1 amide bonds. The number of rotatable bonds is 9. The molecule has 1 aromatic heterocycles. The number of nitrogens with zero attached hydrogens (tertiary/aromatic N) is 1. The van der Waals surface area contributed by atoms with Gasteiger partial charge < -0.3 is 14.8 Å². The summed E-state index contributed by atoms with van der Waals surface area (Å²) in [6.45, 7) is 3.73. The van der Waals surface area contributed by atoms with Gasteiger partial charge in [-0.2, -0.15) is 0 Å². The Morgan fingerprint density at radius 3 is 2.31 bits per heavy atom. The van der Waals surface area contributed by atoms with E-state index in [1.807, 2.05) is 0 Å². The first-order valence-corrected chi connectivity index (χ1v) is 9.29. The fourth-order valence-electron chi connectivity index (χ4n) is 2.55. The van der Waals surface area contributed by atoms with E-state index in [2.05, 4.69) is 10.3 Å². The van der Waals surface area contributed by atoms with Gasteiger partial charge in [-0.3, -0.25) is 14.6 Å². The number of pyridine rings is 1. The van der Waals surface area contributed by atoms with Crippen molar-refractivity contribution >= 4 is 17.8 Å². The summed E-state index contributed by atoms with van der Waals surface area (Å²) in [7, 11) is 0. The Balaban J connectivity index is 2.06. The van der Waals surface area contributed by atoms with E-state index in [0.29, 0.717) is 11.3 Å². The monoisotopic (exact) mass is 402 g/mol. The van der Waals surface area contributed by atoms with E-state index in [-0.39, 0.29) is 37.4 Å². The number of ether oxygens (including phenoxy) is 2. The standard InChI is InChI=1S/C21H23FN2O5/c1-3-28-19(25)12-11-18(21(27)29-4-2)24-20(26)15-7-10-17(23-13-15)14-5-8-16(22)9-6-14/h5-10,13,18H,3-4,11-12H2,1-2H3,(H,24,26)/t18-/m1/s1. The molecule has 1 heterocycles. The SMILES string of the molecule is CCOC(=O)CC[C@@H](NC(=O)c1ccc(-c2ccc(F)cc2)nc1)C(=O)OCC. The Morgan fingerprint density at radius 2 is 1.72 bits per heavy atom. The van der Waals surface area contributed by atoms with Crippen LogP contribution in [0.2, 0.25) is 0 Å². The highest BCUT2D eigenvalue weighted by molar-refractivity contribution is 5.96. The maximum atomic E-state index is 13.0. The lowest BCUT2D eigenvalue weighted by Crippen LogP contribution is -2.42. The van der Waals surface area contributed by atoms with E-state index in [4.69, 9.17) is 9.47 Å². The Morgan fingerprint density at radius 1 is 1.03 bits per heavy atom. The van der Waals surface area contributed by atoms with Crippen LogP contribution in [0.25, 0.3) is 11.3 Å². The van der Waals surface area contributed by atoms with Crippen LogP contribution < -0.4 is 5.32 Å². The van der Waals surface area contributed by atoms with Crippen LogP contribution in [0.15, 0.2) is 42.6 Å². The van der Waals surface area contributed by atoms with Gasteiger partial charge in [-0.05, 0) is 56.7 Å². The first kappa shape index (κ1) is 22.0. The number of hydrogen-bond donors (Lipinski definition) is 1. The number of aromatic nitrogens is 1.